The number of hydrogen-bond donors (Lipinski definition) is 1. The third-order valence-corrected chi connectivity index (χ3v) is 11.1. The van der Waals surface area contributed by atoms with Crippen molar-refractivity contribution in [3.63, 3.8) is 0 Å². The number of aromatic amines is 1. The molecule has 14 nitrogen and oxygen atoms in total. The predicted molar refractivity (Wildman–Crippen MR) is 196 cm³/mol. The minimum atomic E-state index is -0.951. The number of allylic oxidation sites excluding steroid dienone is 8. The molecule has 14 heteroatoms. The van der Waals surface area contributed by atoms with Gasteiger partial charge < -0.3 is 9.47 Å². The fourth-order valence-electron chi connectivity index (χ4n) is 8.55. The lowest BCUT2D eigenvalue weighted by atomic mass is 10.1. The van der Waals surface area contributed by atoms with Crippen LogP contribution in [0.4, 0.5) is 15.5 Å². The summed E-state index contributed by atoms with van der Waals surface area (Å²) in [4.78, 5) is 74.7. The number of benzene rings is 2. The van der Waals surface area contributed by atoms with Crippen LogP contribution >= 0.6 is 0 Å². The van der Waals surface area contributed by atoms with Crippen molar-refractivity contribution >= 4 is 29.9 Å². The summed E-state index contributed by atoms with van der Waals surface area (Å²) >= 11 is 0. The first-order valence-electron chi connectivity index (χ1n) is 18.1. The Balaban J connectivity index is 1.08. The Kier molecular flexibility index (Phi) is 8.01. The molecule has 3 aromatic rings. The van der Waals surface area contributed by atoms with Gasteiger partial charge in [0.15, 0.2) is 34.9 Å². The van der Waals surface area contributed by atoms with Gasteiger partial charge in [-0.1, -0.05) is 70.4 Å². The molecule has 6 aliphatic rings. The van der Waals surface area contributed by atoms with Gasteiger partial charge in [-0.15, -0.1) is 4.48 Å². The Morgan fingerprint density at radius 3 is 1.61 bits per heavy atom. The Bertz CT molecular complexity index is 2290. The molecule has 2 fully saturated rings. The number of quaternary nitrogens is 2. The molecule has 272 valence electrons. The van der Waals surface area contributed by atoms with Crippen molar-refractivity contribution in [2.24, 2.45) is 0 Å². The first-order chi connectivity index (χ1) is 26.3. The molecule has 2 atom stereocenters. The second-order valence-electron chi connectivity index (χ2n) is 13.9. The van der Waals surface area contributed by atoms with Gasteiger partial charge in [-0.3, -0.25) is 9.80 Å². The highest BCUT2D eigenvalue weighted by Crippen LogP contribution is 2.48. The van der Waals surface area contributed by atoms with Crippen LogP contribution in [0.25, 0.3) is 0 Å². The number of amides is 4. The molecule has 2 aromatic carbocycles. The van der Waals surface area contributed by atoms with Crippen LogP contribution < -0.4 is 14.8 Å². The Hall–Kier alpha value is -6.38. The second kappa shape index (κ2) is 12.9. The lowest BCUT2D eigenvalue weighted by Crippen LogP contribution is -2.67. The quantitative estimate of drug-likeness (QED) is 0.330. The zero-order chi connectivity index (χ0) is 37.0. The highest BCUT2D eigenvalue weighted by Gasteiger charge is 2.66. The van der Waals surface area contributed by atoms with E-state index < -0.39 is 50.8 Å². The standard InChI is InChI=1S/C40H36N7O7/c48-35(33-13-7-23-43(33)39(51)53-25-27-9-3-1-4-10-27)46(29-15-16-30(46)18-17-29)37-41-42-38(50)45(37)47(31-19-20-32(47)22-21-31)36(49)34-14-8-24-44(34)40(52)54-26-28-11-5-2-6-12-28/h1-6,9-12,15-22,33-34H,7-8,13-14,23-26H2/q+1/p+1/t33-,34-/m0/s1. The lowest BCUT2D eigenvalue weighted by molar-refractivity contribution is -0.137. The van der Waals surface area contributed by atoms with Crippen LogP contribution in [0, 0.1) is 0 Å². The van der Waals surface area contributed by atoms with Gasteiger partial charge in [-0.25, -0.2) is 29.1 Å². The molecule has 0 saturated carbocycles. The molecule has 4 amide bonds. The average molecular weight is 728 g/mol. The molecular formula is C40H37N7O7+2. The van der Waals surface area contributed by atoms with E-state index in [1.165, 1.54) is 14.5 Å². The molecule has 0 aliphatic carbocycles. The third kappa shape index (κ3) is 4.87. The maximum absolute atomic E-state index is 15.3. The number of fused-ring (bicyclic) bond motifs is 4. The summed E-state index contributed by atoms with van der Waals surface area (Å²) in [5.41, 5.74) is 2.86. The molecule has 4 bridgehead atoms. The van der Waals surface area contributed by atoms with Gasteiger partial charge in [0.2, 0.25) is 0 Å². The van der Waals surface area contributed by atoms with Crippen molar-refractivity contribution in [2.45, 2.75) is 51.0 Å². The summed E-state index contributed by atoms with van der Waals surface area (Å²) in [6, 6.07) is 16.7. The zero-order valence-electron chi connectivity index (χ0n) is 29.2. The molecule has 1 aromatic heterocycles. The number of likely N-dealkylation sites (tertiary alicyclic amines) is 2. The smallest absolute Gasteiger partial charge is 0.410 e. The normalized spacial score (nSPS) is 22.3. The molecule has 7 heterocycles. The van der Waals surface area contributed by atoms with Crippen LogP contribution in [-0.2, 0) is 32.3 Å². The molecule has 0 radical (unpaired) electrons. The van der Waals surface area contributed by atoms with E-state index in [0.717, 1.165) is 11.1 Å². The van der Waals surface area contributed by atoms with Gasteiger partial charge in [0.25, 0.3) is 0 Å². The molecule has 2 saturated heterocycles. The number of nitrogens with zero attached hydrogens (tertiary/aromatic N) is 6. The van der Waals surface area contributed by atoms with Crippen molar-refractivity contribution in [3.05, 3.63) is 154 Å². The van der Waals surface area contributed by atoms with Gasteiger partial charge in [0, 0.05) is 61.7 Å². The topological polar surface area (TPSA) is 144 Å². The van der Waals surface area contributed by atoms with Crippen molar-refractivity contribution in [1.29, 1.82) is 0 Å². The van der Waals surface area contributed by atoms with Gasteiger partial charge in [0.05, 0.1) is 0 Å². The van der Waals surface area contributed by atoms with E-state index >= 15 is 9.59 Å². The SMILES string of the molecule is O=C(OCc1ccccc1)N1CCC[C@H]1C(=O)[N+]1(c2n[nH]c(=O)n2[N+]2(C(=O)[C@@H]3CCCN3C(=O)OCc3ccccc3)C3=CC=C2C=C3)C2=CC=C1C=C2. The van der Waals surface area contributed by atoms with E-state index in [9.17, 15) is 14.4 Å². The number of rotatable bonds is 8. The average Bonchev–Trinajstić information content (AvgIpc) is 4.08. The molecule has 0 unspecified atom stereocenters. The number of aromatic nitrogens is 3. The van der Waals surface area contributed by atoms with E-state index in [1.54, 1.807) is 48.6 Å². The van der Waals surface area contributed by atoms with Crippen LogP contribution in [0.2, 0.25) is 0 Å². The summed E-state index contributed by atoms with van der Waals surface area (Å²) in [6.45, 7) is 0.689. The summed E-state index contributed by atoms with van der Waals surface area (Å²) in [5.74, 6) is -0.917. The maximum Gasteiger partial charge on any atom is 0.410 e. The maximum atomic E-state index is 15.3. The predicted octanol–water partition coefficient (Wildman–Crippen LogP) is 4.68. The second-order valence-corrected chi connectivity index (χ2v) is 13.9. The summed E-state index contributed by atoms with van der Waals surface area (Å²) < 4.78 is 11.2. The van der Waals surface area contributed by atoms with Crippen molar-refractivity contribution < 1.29 is 28.7 Å². The fourth-order valence-corrected chi connectivity index (χ4v) is 8.55. The molecule has 9 rings (SSSR count). The monoisotopic (exact) mass is 727 g/mol. The lowest BCUT2D eigenvalue weighted by Gasteiger charge is -2.37. The highest BCUT2D eigenvalue weighted by molar-refractivity contribution is 6.02. The van der Waals surface area contributed by atoms with E-state index in [1.807, 2.05) is 60.7 Å². The summed E-state index contributed by atoms with van der Waals surface area (Å²) in [6.07, 6.45) is 14.7. The van der Waals surface area contributed by atoms with Gasteiger partial charge in [-0.05, 0) is 41.5 Å². The first-order valence-corrected chi connectivity index (χ1v) is 18.1. The van der Waals surface area contributed by atoms with Crippen LogP contribution in [0.3, 0.4) is 0 Å². The number of carbonyl (C=O) groups is 4. The minimum absolute atomic E-state index is 0.0393. The minimum Gasteiger partial charge on any atom is -0.445 e. The van der Waals surface area contributed by atoms with E-state index in [2.05, 4.69) is 10.2 Å². The van der Waals surface area contributed by atoms with E-state index in [0.29, 0.717) is 61.6 Å². The van der Waals surface area contributed by atoms with Crippen molar-refractivity contribution in [1.82, 2.24) is 33.7 Å². The number of ether oxygens (including phenoxy) is 2. The zero-order valence-corrected chi connectivity index (χ0v) is 29.2. The highest BCUT2D eigenvalue weighted by atomic mass is 16.6. The van der Waals surface area contributed by atoms with Crippen LogP contribution in [-0.4, -0.2) is 73.8 Å². The Morgan fingerprint density at radius 2 is 1.13 bits per heavy atom. The molecule has 1 N–H and O–H groups in total. The third-order valence-electron chi connectivity index (χ3n) is 11.1. The largest absolute Gasteiger partial charge is 0.445 e. The van der Waals surface area contributed by atoms with Crippen molar-refractivity contribution in [2.75, 3.05) is 13.1 Å². The molecule has 0 spiro atoms. The van der Waals surface area contributed by atoms with Crippen molar-refractivity contribution in [3.8, 4) is 0 Å². The molecular weight excluding hydrogens is 690 g/mol. The molecule has 6 aliphatic heterocycles. The van der Waals surface area contributed by atoms with Crippen LogP contribution in [0.15, 0.2) is 137 Å². The van der Waals surface area contributed by atoms with Gasteiger partial charge in [-0.2, -0.15) is 0 Å². The van der Waals surface area contributed by atoms with E-state index in [-0.39, 0.29) is 19.2 Å². The fraction of sp³-hybridized carbons (Fsp3) is 0.250. The number of H-pyrrole nitrogens is 1. The van der Waals surface area contributed by atoms with Crippen LogP contribution in [0.1, 0.15) is 36.8 Å². The van der Waals surface area contributed by atoms with Crippen LogP contribution in [0.5, 0.6) is 0 Å². The van der Waals surface area contributed by atoms with Gasteiger partial charge in [0.1, 0.15) is 13.2 Å². The first kappa shape index (κ1) is 33.5. The molecule has 54 heavy (non-hydrogen) atoms. The Morgan fingerprint density at radius 1 is 0.667 bits per heavy atom. The number of carbonyl (C=O) groups excluding carboxylic acids is 4. The van der Waals surface area contributed by atoms with E-state index in [4.69, 9.17) is 9.47 Å². The summed E-state index contributed by atoms with van der Waals surface area (Å²) in [7, 11) is 0. The van der Waals surface area contributed by atoms with Gasteiger partial charge >= 0.3 is 35.6 Å². The number of hydrogen-bond acceptors (Lipinski definition) is 8. The number of nitrogens with one attached hydrogen (secondary N) is 1. The summed E-state index contributed by atoms with van der Waals surface area (Å²) in [5, 5.41) is 7.09. The Labute approximate surface area is 309 Å².